The van der Waals surface area contributed by atoms with Crippen molar-refractivity contribution in [1.29, 1.82) is 0 Å². The molecular formula is C18H20N2O2. The Balaban J connectivity index is 1.77. The number of nitrogens with one attached hydrogen (secondary N) is 2. The van der Waals surface area contributed by atoms with Gasteiger partial charge in [-0.05, 0) is 17.7 Å². The van der Waals surface area contributed by atoms with Crippen molar-refractivity contribution in [2.24, 2.45) is 0 Å². The van der Waals surface area contributed by atoms with Gasteiger partial charge in [-0.2, -0.15) is 0 Å². The van der Waals surface area contributed by atoms with Crippen LogP contribution in [0.2, 0.25) is 0 Å². The average molecular weight is 296 g/mol. The molecular weight excluding hydrogens is 276 g/mol. The molecule has 114 valence electrons. The number of hydrogen-bond acceptors (Lipinski definition) is 3. The summed E-state index contributed by atoms with van der Waals surface area (Å²) in [6, 6.07) is 17.3. The monoisotopic (exact) mass is 296 g/mol. The van der Waals surface area contributed by atoms with Crippen molar-refractivity contribution < 1.29 is 9.53 Å². The molecule has 2 rings (SSSR count). The molecule has 0 aliphatic heterocycles. The predicted molar refractivity (Wildman–Crippen MR) is 88.9 cm³/mol. The molecule has 0 spiro atoms. The van der Waals surface area contributed by atoms with E-state index >= 15 is 0 Å². The summed E-state index contributed by atoms with van der Waals surface area (Å²) in [5.74, 6) is 0.691. The van der Waals surface area contributed by atoms with E-state index in [2.05, 4.69) is 17.2 Å². The molecule has 0 saturated heterocycles. The maximum Gasteiger partial charge on any atom is 0.239 e. The first-order chi connectivity index (χ1) is 10.8. The molecule has 22 heavy (non-hydrogen) atoms. The molecule has 2 aromatic carbocycles. The Morgan fingerprint density at radius 1 is 1.14 bits per heavy atom. The normalized spacial score (nSPS) is 9.82. The lowest BCUT2D eigenvalue weighted by molar-refractivity contribution is -0.119. The molecule has 0 aromatic heterocycles. The van der Waals surface area contributed by atoms with Gasteiger partial charge in [0.1, 0.15) is 12.4 Å². The SMILES string of the molecule is C=CCOc1cccc(NCC(=O)NCc2ccccc2)c1. The predicted octanol–water partition coefficient (Wildman–Crippen LogP) is 2.98. The van der Waals surface area contributed by atoms with Gasteiger partial charge in [0.2, 0.25) is 5.91 Å². The second kappa shape index (κ2) is 8.52. The lowest BCUT2D eigenvalue weighted by atomic mass is 10.2. The first kappa shape index (κ1) is 15.6. The molecule has 4 heteroatoms. The van der Waals surface area contributed by atoms with Crippen LogP contribution in [0, 0.1) is 0 Å². The second-order valence-electron chi connectivity index (χ2n) is 4.74. The van der Waals surface area contributed by atoms with E-state index in [1.807, 2.05) is 54.6 Å². The smallest absolute Gasteiger partial charge is 0.239 e. The van der Waals surface area contributed by atoms with Crippen molar-refractivity contribution in [3.63, 3.8) is 0 Å². The van der Waals surface area contributed by atoms with Crippen molar-refractivity contribution in [2.75, 3.05) is 18.5 Å². The molecule has 0 radical (unpaired) electrons. The van der Waals surface area contributed by atoms with Crippen LogP contribution in [-0.2, 0) is 11.3 Å². The number of carbonyl (C=O) groups excluding carboxylic acids is 1. The van der Waals surface area contributed by atoms with E-state index in [0.717, 1.165) is 17.0 Å². The highest BCUT2D eigenvalue weighted by Crippen LogP contribution is 2.16. The van der Waals surface area contributed by atoms with E-state index in [1.165, 1.54) is 0 Å². The van der Waals surface area contributed by atoms with Gasteiger partial charge < -0.3 is 15.4 Å². The number of carbonyl (C=O) groups is 1. The molecule has 2 aromatic rings. The fourth-order valence-corrected chi connectivity index (χ4v) is 1.89. The van der Waals surface area contributed by atoms with Crippen LogP contribution in [0.5, 0.6) is 5.75 Å². The molecule has 0 saturated carbocycles. The highest BCUT2D eigenvalue weighted by atomic mass is 16.5. The van der Waals surface area contributed by atoms with Crippen LogP contribution in [0.25, 0.3) is 0 Å². The van der Waals surface area contributed by atoms with Crippen LogP contribution >= 0.6 is 0 Å². The third kappa shape index (κ3) is 5.32. The Kier molecular flexibility index (Phi) is 6.05. The molecule has 2 N–H and O–H groups in total. The number of ether oxygens (including phenoxy) is 1. The van der Waals surface area contributed by atoms with E-state index in [4.69, 9.17) is 4.74 Å². The summed E-state index contributed by atoms with van der Waals surface area (Å²) in [5.41, 5.74) is 1.92. The maximum atomic E-state index is 11.8. The Morgan fingerprint density at radius 2 is 1.95 bits per heavy atom. The molecule has 0 aliphatic carbocycles. The van der Waals surface area contributed by atoms with Crippen LogP contribution in [-0.4, -0.2) is 19.1 Å². The lowest BCUT2D eigenvalue weighted by Gasteiger charge is -2.09. The van der Waals surface area contributed by atoms with Crippen molar-refractivity contribution in [3.8, 4) is 5.75 Å². The highest BCUT2D eigenvalue weighted by molar-refractivity contribution is 5.80. The van der Waals surface area contributed by atoms with Gasteiger partial charge in [0.25, 0.3) is 0 Å². The fraction of sp³-hybridized carbons (Fsp3) is 0.167. The van der Waals surface area contributed by atoms with Crippen LogP contribution in [0.4, 0.5) is 5.69 Å². The molecule has 0 atom stereocenters. The zero-order valence-corrected chi connectivity index (χ0v) is 12.4. The van der Waals surface area contributed by atoms with Gasteiger partial charge in [0, 0.05) is 18.3 Å². The maximum absolute atomic E-state index is 11.8. The molecule has 1 amide bonds. The van der Waals surface area contributed by atoms with Gasteiger partial charge in [0.15, 0.2) is 0 Å². The Morgan fingerprint density at radius 3 is 2.73 bits per heavy atom. The summed E-state index contributed by atoms with van der Waals surface area (Å²) < 4.78 is 5.45. The molecule has 0 aliphatic rings. The van der Waals surface area contributed by atoms with E-state index in [1.54, 1.807) is 6.08 Å². The first-order valence-corrected chi connectivity index (χ1v) is 7.16. The highest BCUT2D eigenvalue weighted by Gasteiger charge is 2.02. The summed E-state index contributed by atoms with van der Waals surface area (Å²) in [7, 11) is 0. The Labute approximate surface area is 130 Å². The molecule has 0 unspecified atom stereocenters. The molecule has 0 bridgehead atoms. The Bertz CT molecular complexity index is 611. The number of anilines is 1. The van der Waals surface area contributed by atoms with Crippen molar-refractivity contribution in [1.82, 2.24) is 5.32 Å². The Hall–Kier alpha value is -2.75. The standard InChI is InChI=1S/C18H20N2O2/c1-2-11-22-17-10-6-9-16(12-17)19-14-18(21)20-13-15-7-4-3-5-8-15/h2-10,12,19H,1,11,13-14H2,(H,20,21). The number of amides is 1. The second-order valence-corrected chi connectivity index (χ2v) is 4.74. The van der Waals surface area contributed by atoms with Crippen molar-refractivity contribution in [3.05, 3.63) is 72.8 Å². The molecule has 4 nitrogen and oxygen atoms in total. The first-order valence-electron chi connectivity index (χ1n) is 7.16. The quantitative estimate of drug-likeness (QED) is 0.736. The minimum absolute atomic E-state index is 0.0544. The summed E-state index contributed by atoms with van der Waals surface area (Å²) in [6.07, 6.45) is 1.69. The molecule has 0 fully saturated rings. The van der Waals surface area contributed by atoms with Gasteiger partial charge in [0.05, 0.1) is 6.54 Å². The van der Waals surface area contributed by atoms with Crippen LogP contribution in [0.1, 0.15) is 5.56 Å². The van der Waals surface area contributed by atoms with Crippen LogP contribution in [0.3, 0.4) is 0 Å². The van der Waals surface area contributed by atoms with Gasteiger partial charge in [-0.15, -0.1) is 0 Å². The van der Waals surface area contributed by atoms with Crippen LogP contribution < -0.4 is 15.4 Å². The summed E-state index contributed by atoms with van der Waals surface area (Å²) in [5, 5.41) is 5.95. The zero-order valence-electron chi connectivity index (χ0n) is 12.4. The lowest BCUT2D eigenvalue weighted by Crippen LogP contribution is -2.29. The third-order valence-electron chi connectivity index (χ3n) is 2.99. The van der Waals surface area contributed by atoms with E-state index in [-0.39, 0.29) is 12.5 Å². The minimum atomic E-state index is -0.0544. The fourth-order valence-electron chi connectivity index (χ4n) is 1.89. The average Bonchev–Trinajstić information content (AvgIpc) is 2.57. The van der Waals surface area contributed by atoms with Gasteiger partial charge >= 0.3 is 0 Å². The van der Waals surface area contributed by atoms with Gasteiger partial charge in [-0.1, -0.05) is 49.1 Å². The topological polar surface area (TPSA) is 50.4 Å². The van der Waals surface area contributed by atoms with Gasteiger partial charge in [-0.25, -0.2) is 0 Å². The van der Waals surface area contributed by atoms with Crippen LogP contribution in [0.15, 0.2) is 67.3 Å². The van der Waals surface area contributed by atoms with E-state index in [0.29, 0.717) is 13.2 Å². The number of hydrogen-bond donors (Lipinski definition) is 2. The summed E-state index contributed by atoms with van der Waals surface area (Å²) >= 11 is 0. The largest absolute Gasteiger partial charge is 0.489 e. The van der Waals surface area contributed by atoms with Crippen molar-refractivity contribution in [2.45, 2.75) is 6.54 Å². The summed E-state index contributed by atoms with van der Waals surface area (Å²) in [4.78, 5) is 11.8. The minimum Gasteiger partial charge on any atom is -0.489 e. The molecule has 0 heterocycles. The number of rotatable bonds is 8. The zero-order chi connectivity index (χ0) is 15.6. The van der Waals surface area contributed by atoms with E-state index in [9.17, 15) is 4.79 Å². The van der Waals surface area contributed by atoms with Gasteiger partial charge in [-0.3, -0.25) is 4.79 Å². The third-order valence-corrected chi connectivity index (χ3v) is 2.99. The van der Waals surface area contributed by atoms with E-state index < -0.39 is 0 Å². The summed E-state index contributed by atoms with van der Waals surface area (Å²) in [6.45, 7) is 4.82. The van der Waals surface area contributed by atoms with Crippen molar-refractivity contribution >= 4 is 11.6 Å². The number of benzene rings is 2.